The van der Waals surface area contributed by atoms with Crippen molar-refractivity contribution >= 4 is 23.7 Å². The first-order valence-corrected chi connectivity index (χ1v) is 7.78. The lowest BCUT2D eigenvalue weighted by atomic mass is 10.2. The number of carbonyl (C=O) groups excluding carboxylic acids is 3. The number of amides is 3. The number of hydrogen-bond acceptors (Lipinski definition) is 5. The van der Waals surface area contributed by atoms with Gasteiger partial charge in [0.15, 0.2) is 0 Å². The van der Waals surface area contributed by atoms with E-state index in [1.54, 1.807) is 14.0 Å². The number of aromatic carboxylic acids is 1. The summed E-state index contributed by atoms with van der Waals surface area (Å²) < 4.78 is 5.32. The van der Waals surface area contributed by atoms with Crippen LogP contribution in [0.25, 0.3) is 0 Å². The number of carboxylic acids is 1. The summed E-state index contributed by atoms with van der Waals surface area (Å²) in [6.45, 7) is 3.68. The predicted octanol–water partition coefficient (Wildman–Crippen LogP) is 0.277. The standard InChI is InChI=1S/C16H23N3O6/c1-10-13(16(23)24)8-12(25-10)9-19(3)15(22)5-4-14(21)18-7-6-17-11(2)20/h8H,4-7,9H2,1-3H3,(H,17,20)(H,18,21)(H,23,24). The lowest BCUT2D eigenvalue weighted by Crippen LogP contribution is -2.34. The average Bonchev–Trinajstić information content (AvgIpc) is 2.89. The van der Waals surface area contributed by atoms with Gasteiger partial charge in [-0.15, -0.1) is 0 Å². The van der Waals surface area contributed by atoms with Crippen LogP contribution in [0.5, 0.6) is 0 Å². The Morgan fingerprint density at radius 3 is 2.36 bits per heavy atom. The van der Waals surface area contributed by atoms with Gasteiger partial charge in [0.2, 0.25) is 17.7 Å². The molecule has 0 saturated heterocycles. The monoisotopic (exact) mass is 353 g/mol. The molecule has 0 unspecified atom stereocenters. The molecule has 1 rings (SSSR count). The van der Waals surface area contributed by atoms with E-state index in [2.05, 4.69) is 10.6 Å². The Hall–Kier alpha value is -2.84. The molecular formula is C16H23N3O6. The van der Waals surface area contributed by atoms with Crippen molar-refractivity contribution in [2.24, 2.45) is 0 Å². The summed E-state index contributed by atoms with van der Waals surface area (Å²) in [5.74, 6) is -1.16. The Morgan fingerprint density at radius 2 is 1.80 bits per heavy atom. The maximum absolute atomic E-state index is 12.0. The van der Waals surface area contributed by atoms with Gasteiger partial charge >= 0.3 is 5.97 Å². The molecule has 25 heavy (non-hydrogen) atoms. The highest BCUT2D eigenvalue weighted by atomic mass is 16.4. The molecular weight excluding hydrogens is 330 g/mol. The summed E-state index contributed by atoms with van der Waals surface area (Å²) in [7, 11) is 1.55. The van der Waals surface area contributed by atoms with Crippen molar-refractivity contribution in [2.75, 3.05) is 20.1 Å². The summed E-state index contributed by atoms with van der Waals surface area (Å²) in [6, 6.07) is 1.39. The van der Waals surface area contributed by atoms with Crippen molar-refractivity contribution in [1.29, 1.82) is 0 Å². The lowest BCUT2D eigenvalue weighted by Gasteiger charge is -2.15. The second-order valence-electron chi connectivity index (χ2n) is 5.57. The summed E-state index contributed by atoms with van der Waals surface area (Å²) in [5, 5.41) is 14.1. The molecule has 3 N–H and O–H groups in total. The molecule has 0 fully saturated rings. The van der Waals surface area contributed by atoms with Crippen LogP contribution in [0.3, 0.4) is 0 Å². The van der Waals surface area contributed by atoms with Gasteiger partial charge in [0.05, 0.1) is 6.54 Å². The Morgan fingerprint density at radius 1 is 1.16 bits per heavy atom. The van der Waals surface area contributed by atoms with Gasteiger partial charge in [-0.2, -0.15) is 0 Å². The highest BCUT2D eigenvalue weighted by molar-refractivity contribution is 5.89. The van der Waals surface area contributed by atoms with Crippen LogP contribution < -0.4 is 10.6 Å². The van der Waals surface area contributed by atoms with E-state index < -0.39 is 5.97 Å². The zero-order valence-corrected chi connectivity index (χ0v) is 14.5. The van der Waals surface area contributed by atoms with E-state index in [0.29, 0.717) is 18.8 Å². The lowest BCUT2D eigenvalue weighted by molar-refractivity contribution is -0.133. The van der Waals surface area contributed by atoms with Gasteiger partial charge in [0.1, 0.15) is 17.1 Å². The van der Waals surface area contributed by atoms with Crippen LogP contribution in [0, 0.1) is 6.92 Å². The Balaban J connectivity index is 2.36. The molecule has 0 saturated carbocycles. The molecule has 0 atom stereocenters. The number of nitrogens with one attached hydrogen (secondary N) is 2. The SMILES string of the molecule is CC(=O)NCCNC(=O)CCC(=O)N(C)Cc1cc(C(=O)O)c(C)o1. The summed E-state index contributed by atoms with van der Waals surface area (Å²) >= 11 is 0. The zero-order valence-electron chi connectivity index (χ0n) is 14.5. The quantitative estimate of drug-likeness (QED) is 0.547. The summed E-state index contributed by atoms with van der Waals surface area (Å²) in [6.07, 6.45) is 0.0503. The van der Waals surface area contributed by atoms with E-state index in [9.17, 15) is 19.2 Å². The van der Waals surface area contributed by atoms with Gasteiger partial charge in [-0.1, -0.05) is 0 Å². The van der Waals surface area contributed by atoms with Crippen LogP contribution in [0.4, 0.5) is 0 Å². The van der Waals surface area contributed by atoms with Crippen LogP contribution in [0.1, 0.15) is 41.6 Å². The van der Waals surface area contributed by atoms with Gasteiger partial charge in [0.25, 0.3) is 0 Å². The molecule has 0 aliphatic heterocycles. The zero-order chi connectivity index (χ0) is 19.0. The van der Waals surface area contributed by atoms with Crippen LogP contribution in [-0.4, -0.2) is 53.8 Å². The van der Waals surface area contributed by atoms with E-state index in [0.717, 1.165) is 0 Å². The predicted molar refractivity (Wildman–Crippen MR) is 87.8 cm³/mol. The van der Waals surface area contributed by atoms with Crippen molar-refractivity contribution in [1.82, 2.24) is 15.5 Å². The van der Waals surface area contributed by atoms with Crippen LogP contribution in [0.2, 0.25) is 0 Å². The number of carbonyl (C=O) groups is 4. The van der Waals surface area contributed by atoms with E-state index in [1.165, 1.54) is 17.9 Å². The summed E-state index contributed by atoms with van der Waals surface area (Å²) in [5.41, 5.74) is 0.0643. The van der Waals surface area contributed by atoms with Crippen molar-refractivity contribution in [3.8, 4) is 0 Å². The van der Waals surface area contributed by atoms with Crippen molar-refractivity contribution in [3.05, 3.63) is 23.2 Å². The minimum Gasteiger partial charge on any atom is -0.478 e. The molecule has 1 aromatic rings. The maximum atomic E-state index is 12.0. The van der Waals surface area contributed by atoms with Gasteiger partial charge in [-0.25, -0.2) is 4.79 Å². The topological polar surface area (TPSA) is 129 Å². The van der Waals surface area contributed by atoms with Gasteiger partial charge in [-0.3, -0.25) is 14.4 Å². The molecule has 0 bridgehead atoms. The third-order valence-corrected chi connectivity index (χ3v) is 3.41. The molecule has 1 aromatic heterocycles. The minimum atomic E-state index is -1.09. The van der Waals surface area contributed by atoms with E-state index in [-0.39, 0.29) is 48.4 Å². The highest BCUT2D eigenvalue weighted by Crippen LogP contribution is 2.16. The molecule has 0 spiro atoms. The highest BCUT2D eigenvalue weighted by Gasteiger charge is 2.17. The third kappa shape index (κ3) is 7.06. The number of nitrogens with zero attached hydrogens (tertiary/aromatic N) is 1. The Kier molecular flexibility index (Phi) is 7.64. The molecule has 138 valence electrons. The fourth-order valence-corrected chi connectivity index (χ4v) is 2.10. The van der Waals surface area contributed by atoms with Crippen molar-refractivity contribution < 1.29 is 28.7 Å². The van der Waals surface area contributed by atoms with Crippen LogP contribution >= 0.6 is 0 Å². The largest absolute Gasteiger partial charge is 0.478 e. The molecule has 0 radical (unpaired) electrons. The molecule has 0 aliphatic carbocycles. The fraction of sp³-hybridized carbons (Fsp3) is 0.500. The van der Waals surface area contributed by atoms with E-state index >= 15 is 0 Å². The van der Waals surface area contributed by atoms with E-state index in [1.807, 2.05) is 0 Å². The first-order valence-electron chi connectivity index (χ1n) is 7.78. The normalized spacial score (nSPS) is 10.2. The molecule has 0 aromatic carbocycles. The van der Waals surface area contributed by atoms with Crippen LogP contribution in [-0.2, 0) is 20.9 Å². The maximum Gasteiger partial charge on any atom is 0.339 e. The Bertz CT molecular complexity index is 652. The minimum absolute atomic E-state index is 0.0218. The molecule has 0 aliphatic rings. The molecule has 9 heteroatoms. The average molecular weight is 353 g/mol. The number of aryl methyl sites for hydroxylation is 1. The van der Waals surface area contributed by atoms with E-state index in [4.69, 9.17) is 9.52 Å². The fourth-order valence-electron chi connectivity index (χ4n) is 2.10. The number of furan rings is 1. The molecule has 3 amide bonds. The van der Waals surface area contributed by atoms with Crippen molar-refractivity contribution in [2.45, 2.75) is 33.2 Å². The third-order valence-electron chi connectivity index (χ3n) is 3.41. The second-order valence-corrected chi connectivity index (χ2v) is 5.57. The summed E-state index contributed by atoms with van der Waals surface area (Å²) in [4.78, 5) is 46.7. The van der Waals surface area contributed by atoms with Crippen LogP contribution in [0.15, 0.2) is 10.5 Å². The molecule has 1 heterocycles. The second kappa shape index (κ2) is 9.45. The van der Waals surface area contributed by atoms with Gasteiger partial charge in [-0.05, 0) is 13.0 Å². The number of hydrogen-bond donors (Lipinski definition) is 3. The number of carboxylic acid groups (broad SMARTS) is 1. The van der Waals surface area contributed by atoms with Gasteiger partial charge in [0, 0.05) is 39.9 Å². The smallest absolute Gasteiger partial charge is 0.339 e. The molecule has 9 nitrogen and oxygen atoms in total. The number of rotatable bonds is 9. The Labute approximate surface area is 145 Å². The first-order chi connectivity index (χ1) is 11.7. The van der Waals surface area contributed by atoms with Crippen molar-refractivity contribution in [3.63, 3.8) is 0 Å². The first kappa shape index (κ1) is 20.2. The van der Waals surface area contributed by atoms with Gasteiger partial charge < -0.3 is 25.1 Å².